The molecular formula is C13H25NO2S. The Kier molecular flexibility index (Phi) is 6.34. The number of thiol groups is 1. The predicted octanol–water partition coefficient (Wildman–Crippen LogP) is 2.27. The van der Waals surface area contributed by atoms with Crippen molar-refractivity contribution in [2.24, 2.45) is 11.3 Å². The highest BCUT2D eigenvalue weighted by atomic mass is 32.1. The van der Waals surface area contributed by atoms with Gasteiger partial charge in [-0.05, 0) is 36.3 Å². The molecule has 0 aliphatic heterocycles. The van der Waals surface area contributed by atoms with Gasteiger partial charge in [-0.1, -0.05) is 13.8 Å². The van der Waals surface area contributed by atoms with Crippen LogP contribution in [0.25, 0.3) is 0 Å². The zero-order chi connectivity index (χ0) is 12.7. The fourth-order valence-electron chi connectivity index (χ4n) is 1.69. The maximum Gasteiger partial charge on any atom is 0.220 e. The molecule has 0 bridgehead atoms. The first-order chi connectivity index (χ1) is 8.08. The standard InChI is InChI=1S/C13H25NO2S/c1-11(2)9-16-7-3-6-14-12(15)8-13(10-17)4-5-13/h11,17H,3-10H2,1-2H3,(H,14,15). The summed E-state index contributed by atoms with van der Waals surface area (Å²) in [6.07, 6.45) is 3.85. The summed E-state index contributed by atoms with van der Waals surface area (Å²) in [5.74, 6) is 1.58. The van der Waals surface area contributed by atoms with Crippen molar-refractivity contribution < 1.29 is 9.53 Å². The summed E-state index contributed by atoms with van der Waals surface area (Å²) in [5.41, 5.74) is 0.224. The van der Waals surface area contributed by atoms with Crippen molar-refractivity contribution in [3.05, 3.63) is 0 Å². The van der Waals surface area contributed by atoms with E-state index in [1.54, 1.807) is 0 Å². The molecule has 1 rings (SSSR count). The molecule has 1 amide bonds. The molecule has 100 valence electrons. The van der Waals surface area contributed by atoms with E-state index in [0.717, 1.165) is 44.8 Å². The summed E-state index contributed by atoms with van der Waals surface area (Å²) in [6, 6.07) is 0. The van der Waals surface area contributed by atoms with Gasteiger partial charge in [-0.3, -0.25) is 4.79 Å². The van der Waals surface area contributed by atoms with Gasteiger partial charge in [0.05, 0.1) is 0 Å². The van der Waals surface area contributed by atoms with Crippen LogP contribution < -0.4 is 5.32 Å². The van der Waals surface area contributed by atoms with Gasteiger partial charge in [0.2, 0.25) is 5.91 Å². The highest BCUT2D eigenvalue weighted by Gasteiger charge is 2.42. The largest absolute Gasteiger partial charge is 0.381 e. The zero-order valence-corrected chi connectivity index (χ0v) is 11.9. The average molecular weight is 259 g/mol. The first-order valence-corrected chi connectivity index (χ1v) is 7.16. The highest BCUT2D eigenvalue weighted by Crippen LogP contribution is 2.49. The SMILES string of the molecule is CC(C)COCCCNC(=O)CC1(CS)CC1. The third kappa shape index (κ3) is 6.32. The molecule has 0 aromatic heterocycles. The Morgan fingerprint density at radius 2 is 2.18 bits per heavy atom. The van der Waals surface area contributed by atoms with Gasteiger partial charge in [0.25, 0.3) is 0 Å². The van der Waals surface area contributed by atoms with Crippen molar-refractivity contribution in [3.8, 4) is 0 Å². The summed E-state index contributed by atoms with van der Waals surface area (Å²) in [4.78, 5) is 11.6. The minimum absolute atomic E-state index is 0.167. The number of ether oxygens (including phenoxy) is 1. The van der Waals surface area contributed by atoms with Crippen LogP contribution in [0.1, 0.15) is 39.5 Å². The van der Waals surface area contributed by atoms with Gasteiger partial charge in [-0.2, -0.15) is 12.6 Å². The van der Waals surface area contributed by atoms with Crippen molar-refractivity contribution in [3.63, 3.8) is 0 Å². The molecule has 0 atom stereocenters. The molecule has 0 aromatic carbocycles. The van der Waals surface area contributed by atoms with Gasteiger partial charge in [0.15, 0.2) is 0 Å². The lowest BCUT2D eigenvalue weighted by Crippen LogP contribution is -2.28. The number of hydrogen-bond donors (Lipinski definition) is 2. The van der Waals surface area contributed by atoms with E-state index >= 15 is 0 Å². The number of nitrogens with one attached hydrogen (secondary N) is 1. The van der Waals surface area contributed by atoms with Crippen LogP contribution >= 0.6 is 12.6 Å². The first kappa shape index (κ1) is 14.8. The Bertz CT molecular complexity index is 240. The van der Waals surface area contributed by atoms with Crippen molar-refractivity contribution in [2.45, 2.75) is 39.5 Å². The van der Waals surface area contributed by atoms with Crippen LogP contribution in [0.4, 0.5) is 0 Å². The second-order valence-electron chi connectivity index (χ2n) is 5.51. The Morgan fingerprint density at radius 3 is 2.71 bits per heavy atom. The highest BCUT2D eigenvalue weighted by molar-refractivity contribution is 7.80. The second kappa shape index (κ2) is 7.27. The maximum atomic E-state index is 11.6. The van der Waals surface area contributed by atoms with Crippen LogP contribution in [0, 0.1) is 11.3 Å². The summed E-state index contributed by atoms with van der Waals surface area (Å²) in [5, 5.41) is 2.95. The molecule has 0 heterocycles. The molecule has 4 heteroatoms. The fourth-order valence-corrected chi connectivity index (χ4v) is 2.12. The van der Waals surface area contributed by atoms with E-state index in [-0.39, 0.29) is 11.3 Å². The minimum atomic E-state index is 0.167. The van der Waals surface area contributed by atoms with E-state index in [2.05, 4.69) is 31.8 Å². The smallest absolute Gasteiger partial charge is 0.220 e. The number of carbonyl (C=O) groups excluding carboxylic acids is 1. The lowest BCUT2D eigenvalue weighted by molar-refractivity contribution is -0.122. The first-order valence-electron chi connectivity index (χ1n) is 6.53. The Balaban J connectivity index is 1.94. The molecule has 3 nitrogen and oxygen atoms in total. The number of rotatable bonds is 9. The third-order valence-electron chi connectivity index (χ3n) is 3.07. The van der Waals surface area contributed by atoms with E-state index in [9.17, 15) is 4.79 Å². The van der Waals surface area contributed by atoms with Crippen molar-refractivity contribution in [1.82, 2.24) is 5.32 Å². The molecule has 1 aliphatic rings. The zero-order valence-electron chi connectivity index (χ0n) is 11.0. The molecule has 0 saturated heterocycles. The number of hydrogen-bond acceptors (Lipinski definition) is 3. The number of carbonyl (C=O) groups is 1. The van der Waals surface area contributed by atoms with Crippen LogP contribution in [0.5, 0.6) is 0 Å². The molecule has 0 unspecified atom stereocenters. The average Bonchev–Trinajstić information content (AvgIpc) is 3.03. The van der Waals surface area contributed by atoms with Gasteiger partial charge < -0.3 is 10.1 Å². The normalized spacial score (nSPS) is 17.2. The fraction of sp³-hybridized carbons (Fsp3) is 0.923. The third-order valence-corrected chi connectivity index (χ3v) is 3.74. The summed E-state index contributed by atoms with van der Waals surface area (Å²) < 4.78 is 5.45. The molecule has 1 N–H and O–H groups in total. The molecule has 1 saturated carbocycles. The van der Waals surface area contributed by atoms with Gasteiger partial charge in [-0.25, -0.2) is 0 Å². The van der Waals surface area contributed by atoms with Crippen LogP contribution in [0.3, 0.4) is 0 Å². The van der Waals surface area contributed by atoms with E-state index < -0.39 is 0 Å². The topological polar surface area (TPSA) is 38.3 Å². The van der Waals surface area contributed by atoms with Crippen LogP contribution in [0.2, 0.25) is 0 Å². The quantitative estimate of drug-likeness (QED) is 0.492. The van der Waals surface area contributed by atoms with Gasteiger partial charge in [0, 0.05) is 26.2 Å². The summed E-state index contributed by atoms with van der Waals surface area (Å²) in [6.45, 7) is 6.52. The van der Waals surface area contributed by atoms with Gasteiger partial charge >= 0.3 is 0 Å². The summed E-state index contributed by atoms with van der Waals surface area (Å²) in [7, 11) is 0. The van der Waals surface area contributed by atoms with Gasteiger partial charge in [0.1, 0.15) is 0 Å². The monoisotopic (exact) mass is 259 g/mol. The van der Waals surface area contributed by atoms with E-state index in [0.29, 0.717) is 12.3 Å². The molecule has 17 heavy (non-hydrogen) atoms. The second-order valence-corrected chi connectivity index (χ2v) is 5.82. The van der Waals surface area contributed by atoms with E-state index in [1.807, 2.05) is 0 Å². The lowest BCUT2D eigenvalue weighted by Gasteiger charge is -2.12. The van der Waals surface area contributed by atoms with Crippen LogP contribution in [0.15, 0.2) is 0 Å². The molecule has 1 aliphatic carbocycles. The number of amides is 1. The van der Waals surface area contributed by atoms with Crippen molar-refractivity contribution in [1.29, 1.82) is 0 Å². The van der Waals surface area contributed by atoms with Crippen molar-refractivity contribution in [2.75, 3.05) is 25.5 Å². The van der Waals surface area contributed by atoms with Crippen LogP contribution in [-0.4, -0.2) is 31.4 Å². The molecular weight excluding hydrogens is 234 g/mol. The molecule has 0 aromatic rings. The van der Waals surface area contributed by atoms with E-state index in [4.69, 9.17) is 4.74 Å². The Hall–Kier alpha value is -0.220. The predicted molar refractivity (Wildman–Crippen MR) is 73.4 cm³/mol. The molecule has 0 radical (unpaired) electrons. The lowest BCUT2D eigenvalue weighted by atomic mass is 10.1. The Labute approximate surface area is 110 Å². The maximum absolute atomic E-state index is 11.6. The van der Waals surface area contributed by atoms with Gasteiger partial charge in [-0.15, -0.1) is 0 Å². The molecule has 0 spiro atoms. The Morgan fingerprint density at radius 1 is 1.47 bits per heavy atom. The molecule has 1 fully saturated rings. The summed E-state index contributed by atoms with van der Waals surface area (Å²) >= 11 is 4.29. The van der Waals surface area contributed by atoms with Crippen LogP contribution in [-0.2, 0) is 9.53 Å². The van der Waals surface area contributed by atoms with E-state index in [1.165, 1.54) is 0 Å². The van der Waals surface area contributed by atoms with Crippen molar-refractivity contribution >= 4 is 18.5 Å². The minimum Gasteiger partial charge on any atom is -0.381 e.